The SMILES string of the molecule is [C-]#[N+]CCCCCCCCC(C(=O)N[C@@H](CCCN/C(N)=N/[N+](=O)[O-])C(=O)N[C@@H](CC(C)C)B(O)O)C1CCCC1. The fourth-order valence-electron chi connectivity index (χ4n) is 5.44. The molecule has 0 heterocycles. The Hall–Kier alpha value is -2.92. The molecule has 1 saturated carbocycles. The Morgan fingerprint density at radius 2 is 1.68 bits per heavy atom. The third-order valence-corrected chi connectivity index (χ3v) is 7.55. The van der Waals surface area contributed by atoms with Gasteiger partial charge in [0.15, 0.2) is 5.03 Å². The predicted molar refractivity (Wildman–Crippen MR) is 159 cm³/mol. The summed E-state index contributed by atoms with van der Waals surface area (Å²) in [6, 6.07) is -0.919. The average molecular weight is 580 g/mol. The molecule has 41 heavy (non-hydrogen) atoms. The van der Waals surface area contributed by atoms with Gasteiger partial charge >= 0.3 is 7.12 Å². The summed E-state index contributed by atoms with van der Waals surface area (Å²) in [7, 11) is -1.75. The Kier molecular flexibility index (Phi) is 18.4. The molecular formula is C27H50BN7O6. The molecule has 1 rings (SSSR count). The number of nitro groups is 1. The third kappa shape index (κ3) is 16.2. The van der Waals surface area contributed by atoms with Crippen LogP contribution >= 0.6 is 0 Å². The highest BCUT2D eigenvalue weighted by Gasteiger charge is 2.34. The molecule has 0 spiro atoms. The lowest BCUT2D eigenvalue weighted by molar-refractivity contribution is -0.485. The molecule has 0 saturated heterocycles. The Labute approximate surface area is 244 Å². The van der Waals surface area contributed by atoms with Gasteiger partial charge in [0.2, 0.25) is 18.4 Å². The highest BCUT2D eigenvalue weighted by atomic mass is 16.7. The molecule has 0 aromatic heterocycles. The summed E-state index contributed by atoms with van der Waals surface area (Å²) in [5, 5.41) is 40.4. The van der Waals surface area contributed by atoms with Crippen LogP contribution in [0.15, 0.2) is 5.10 Å². The highest BCUT2D eigenvalue weighted by molar-refractivity contribution is 6.43. The molecule has 0 aromatic carbocycles. The van der Waals surface area contributed by atoms with Gasteiger partial charge in [-0.2, -0.15) is 0 Å². The second kappa shape index (κ2) is 20.9. The van der Waals surface area contributed by atoms with E-state index < -0.39 is 30.0 Å². The van der Waals surface area contributed by atoms with Gasteiger partial charge in [0.05, 0.1) is 5.94 Å². The lowest BCUT2D eigenvalue weighted by Gasteiger charge is -2.28. The number of unbranched alkanes of at least 4 members (excludes halogenated alkanes) is 5. The molecule has 3 atom stereocenters. The van der Waals surface area contributed by atoms with E-state index in [-0.39, 0.29) is 42.6 Å². The molecule has 13 nitrogen and oxygen atoms in total. The number of amides is 2. The van der Waals surface area contributed by atoms with E-state index >= 15 is 0 Å². The molecule has 0 bridgehead atoms. The number of nitrogens with one attached hydrogen (secondary N) is 3. The minimum absolute atomic E-state index is 0.0996. The molecule has 1 aliphatic rings. The molecule has 0 aliphatic heterocycles. The largest absolute Gasteiger partial charge is 0.475 e. The van der Waals surface area contributed by atoms with Gasteiger partial charge < -0.3 is 36.6 Å². The van der Waals surface area contributed by atoms with Crippen molar-refractivity contribution < 1.29 is 24.7 Å². The predicted octanol–water partition coefficient (Wildman–Crippen LogP) is 2.35. The van der Waals surface area contributed by atoms with Crippen molar-refractivity contribution in [2.75, 3.05) is 13.1 Å². The molecular weight excluding hydrogens is 529 g/mol. The monoisotopic (exact) mass is 579 g/mol. The van der Waals surface area contributed by atoms with Gasteiger partial charge in [-0.1, -0.05) is 52.4 Å². The van der Waals surface area contributed by atoms with Gasteiger partial charge in [0, 0.05) is 18.9 Å². The summed E-state index contributed by atoms with van der Waals surface area (Å²) in [4.78, 5) is 40.7. The number of nitrogens with two attached hydrogens (primary N) is 1. The Morgan fingerprint density at radius 1 is 1.05 bits per heavy atom. The standard InChI is InChI=1S/C27H50BN7O6/c1-20(2)19-24(28(38)39)33-26(37)23(16-12-18-31-27(29)34-35(40)41)32-25(36)22(21-13-9-10-14-21)15-8-6-4-5-7-11-17-30-3/h20-24,38-39H,4-19H2,1-2H3,(H,32,36)(H,33,37)(H3,29,31,34)/t22?,23-,24-/m0/s1. The maximum atomic E-state index is 13.6. The number of guanidine groups is 1. The maximum absolute atomic E-state index is 13.6. The summed E-state index contributed by atoms with van der Waals surface area (Å²) in [6.45, 7) is 11.4. The first-order valence-corrected chi connectivity index (χ1v) is 15.1. The van der Waals surface area contributed by atoms with E-state index in [9.17, 15) is 29.8 Å². The molecule has 7 N–H and O–H groups in total. The van der Waals surface area contributed by atoms with Crippen molar-refractivity contribution in [2.24, 2.45) is 28.6 Å². The number of hydrazone groups is 1. The molecule has 1 fully saturated rings. The number of nitrogens with zero attached hydrogens (tertiary/aromatic N) is 3. The van der Waals surface area contributed by atoms with Crippen molar-refractivity contribution in [2.45, 2.75) is 116 Å². The van der Waals surface area contributed by atoms with Gasteiger partial charge in [-0.15, -0.1) is 0 Å². The van der Waals surface area contributed by atoms with Crippen LogP contribution in [0.4, 0.5) is 0 Å². The van der Waals surface area contributed by atoms with Gasteiger partial charge in [-0.05, 0) is 56.8 Å². The molecule has 1 unspecified atom stereocenters. The van der Waals surface area contributed by atoms with Crippen molar-refractivity contribution in [1.82, 2.24) is 16.0 Å². The topological polar surface area (TPSA) is 197 Å². The van der Waals surface area contributed by atoms with Crippen LogP contribution in [0.5, 0.6) is 0 Å². The van der Waals surface area contributed by atoms with Gasteiger partial charge in [-0.25, -0.2) is 16.7 Å². The second-order valence-electron chi connectivity index (χ2n) is 11.5. The van der Waals surface area contributed by atoms with Gasteiger partial charge in [0.1, 0.15) is 11.1 Å². The number of hydrogen-bond acceptors (Lipinski definition) is 6. The smallest absolute Gasteiger partial charge is 0.426 e. The zero-order valence-corrected chi connectivity index (χ0v) is 24.7. The van der Waals surface area contributed by atoms with E-state index in [1.165, 1.54) is 0 Å². The molecule has 2 amide bonds. The van der Waals surface area contributed by atoms with Crippen molar-refractivity contribution in [1.29, 1.82) is 0 Å². The molecule has 0 radical (unpaired) electrons. The highest BCUT2D eigenvalue weighted by Crippen LogP contribution is 2.34. The minimum Gasteiger partial charge on any atom is -0.426 e. The molecule has 232 valence electrons. The Bertz CT molecular complexity index is 862. The minimum atomic E-state index is -1.75. The number of carbonyl (C=O) groups excluding carboxylic acids is 2. The van der Waals surface area contributed by atoms with E-state index in [2.05, 4.69) is 25.9 Å². The van der Waals surface area contributed by atoms with E-state index in [4.69, 9.17) is 12.3 Å². The number of hydrogen-bond donors (Lipinski definition) is 6. The number of carbonyl (C=O) groups is 2. The van der Waals surface area contributed by atoms with Crippen LogP contribution in [0, 0.1) is 34.4 Å². The Balaban J connectivity index is 2.86. The van der Waals surface area contributed by atoms with Gasteiger partial charge in [-0.3, -0.25) is 9.59 Å². The van der Waals surface area contributed by atoms with Crippen LogP contribution < -0.4 is 21.7 Å². The van der Waals surface area contributed by atoms with Crippen molar-refractivity contribution >= 4 is 24.9 Å². The fourth-order valence-corrected chi connectivity index (χ4v) is 5.44. The van der Waals surface area contributed by atoms with Crippen molar-refractivity contribution in [3.8, 4) is 0 Å². The summed E-state index contributed by atoms with van der Waals surface area (Å²) in [5.41, 5.74) is 5.47. The fraction of sp³-hybridized carbons (Fsp3) is 0.852. The first-order valence-electron chi connectivity index (χ1n) is 15.1. The summed E-state index contributed by atoms with van der Waals surface area (Å²) >= 11 is 0. The van der Waals surface area contributed by atoms with Crippen LogP contribution in [0.25, 0.3) is 4.85 Å². The van der Waals surface area contributed by atoms with Crippen LogP contribution in [0.2, 0.25) is 0 Å². The molecule has 1 aliphatic carbocycles. The molecule has 0 aromatic rings. The maximum Gasteiger partial charge on any atom is 0.475 e. The summed E-state index contributed by atoms with van der Waals surface area (Å²) < 4.78 is 0. The Morgan fingerprint density at radius 3 is 2.27 bits per heavy atom. The number of rotatable bonds is 21. The van der Waals surface area contributed by atoms with E-state index in [0.29, 0.717) is 19.4 Å². The summed E-state index contributed by atoms with van der Waals surface area (Å²) in [5.74, 6) is -1.75. The summed E-state index contributed by atoms with van der Waals surface area (Å²) in [6.07, 6.45) is 11.9. The van der Waals surface area contributed by atoms with E-state index in [1.807, 2.05) is 13.8 Å². The zero-order valence-electron chi connectivity index (χ0n) is 24.7. The average Bonchev–Trinajstić information content (AvgIpc) is 3.42. The van der Waals surface area contributed by atoms with Crippen LogP contribution in [0.1, 0.15) is 104 Å². The second-order valence-corrected chi connectivity index (χ2v) is 11.5. The van der Waals surface area contributed by atoms with E-state index in [0.717, 1.165) is 70.6 Å². The molecule has 14 heteroatoms. The quantitative estimate of drug-likeness (QED) is 0.0227. The zero-order chi connectivity index (χ0) is 30.6. The van der Waals surface area contributed by atoms with E-state index in [1.54, 1.807) is 0 Å². The van der Waals surface area contributed by atoms with Crippen LogP contribution in [0.3, 0.4) is 0 Å². The normalized spacial score (nSPS) is 16.0. The van der Waals surface area contributed by atoms with Gasteiger partial charge in [0.25, 0.3) is 5.96 Å². The van der Waals surface area contributed by atoms with Crippen LogP contribution in [-0.2, 0) is 9.59 Å². The first-order chi connectivity index (χ1) is 19.5. The van der Waals surface area contributed by atoms with Crippen molar-refractivity contribution in [3.05, 3.63) is 21.5 Å². The van der Waals surface area contributed by atoms with Crippen molar-refractivity contribution in [3.63, 3.8) is 0 Å². The third-order valence-electron chi connectivity index (χ3n) is 7.55. The van der Waals surface area contributed by atoms with Crippen LogP contribution in [-0.4, -0.2) is 65.0 Å². The lowest BCUT2D eigenvalue weighted by Crippen LogP contribution is -2.55. The first kappa shape index (κ1) is 36.1. The lowest BCUT2D eigenvalue weighted by atomic mass is 9.75.